The van der Waals surface area contributed by atoms with Gasteiger partial charge >= 0.3 is 0 Å². The van der Waals surface area contributed by atoms with Crippen molar-refractivity contribution >= 4 is 0 Å². The minimum Gasteiger partial charge on any atom is -0.497 e. The van der Waals surface area contributed by atoms with Crippen LogP contribution in [0.4, 0.5) is 0 Å². The van der Waals surface area contributed by atoms with Gasteiger partial charge < -0.3 is 14.6 Å². The monoisotopic (exact) mass is 194 g/mol. The second kappa shape index (κ2) is 3.50. The number of benzene rings is 1. The first kappa shape index (κ1) is 9.34. The molecule has 0 aliphatic carbocycles. The largest absolute Gasteiger partial charge is 0.497 e. The first-order valence-electron chi connectivity index (χ1n) is 4.69. The van der Waals surface area contributed by atoms with Gasteiger partial charge in [-0.25, -0.2) is 0 Å². The molecular formula is C11H14O3. The lowest BCUT2D eigenvalue weighted by Gasteiger charge is -2.08. The lowest BCUT2D eigenvalue weighted by molar-refractivity contribution is 0.134. The van der Waals surface area contributed by atoms with E-state index in [4.69, 9.17) is 14.6 Å². The SMILES string of the molecule is COc1cc(C)c2c(c1)CC(CO)O2. The summed E-state index contributed by atoms with van der Waals surface area (Å²) < 4.78 is 10.8. The number of hydrogen-bond acceptors (Lipinski definition) is 3. The van der Waals surface area contributed by atoms with Crippen LogP contribution in [0.15, 0.2) is 12.1 Å². The van der Waals surface area contributed by atoms with Crippen LogP contribution in [0, 0.1) is 6.92 Å². The second-order valence-electron chi connectivity index (χ2n) is 3.56. The lowest BCUT2D eigenvalue weighted by atomic mass is 10.1. The van der Waals surface area contributed by atoms with Crippen molar-refractivity contribution in [2.45, 2.75) is 19.4 Å². The molecule has 76 valence electrons. The molecule has 1 aromatic carbocycles. The molecule has 1 aliphatic heterocycles. The van der Waals surface area contributed by atoms with Crippen LogP contribution in [0.25, 0.3) is 0 Å². The van der Waals surface area contributed by atoms with E-state index < -0.39 is 0 Å². The van der Waals surface area contributed by atoms with Gasteiger partial charge in [-0.15, -0.1) is 0 Å². The first-order chi connectivity index (χ1) is 6.74. The third kappa shape index (κ3) is 1.44. The van der Waals surface area contributed by atoms with E-state index in [-0.39, 0.29) is 12.7 Å². The predicted molar refractivity (Wildman–Crippen MR) is 52.9 cm³/mol. The molecule has 1 heterocycles. The summed E-state index contributed by atoms with van der Waals surface area (Å²) >= 11 is 0. The Morgan fingerprint density at radius 1 is 1.57 bits per heavy atom. The minimum absolute atomic E-state index is 0.0659. The first-order valence-corrected chi connectivity index (χ1v) is 4.69. The summed E-state index contributed by atoms with van der Waals surface area (Å²) in [5.41, 5.74) is 2.19. The van der Waals surface area contributed by atoms with Gasteiger partial charge in [0.1, 0.15) is 17.6 Å². The highest BCUT2D eigenvalue weighted by atomic mass is 16.5. The zero-order valence-electron chi connectivity index (χ0n) is 8.41. The van der Waals surface area contributed by atoms with Gasteiger partial charge in [0.15, 0.2) is 0 Å². The fourth-order valence-corrected chi connectivity index (χ4v) is 1.80. The van der Waals surface area contributed by atoms with Crippen molar-refractivity contribution in [3.63, 3.8) is 0 Å². The van der Waals surface area contributed by atoms with Crippen LogP contribution in [-0.2, 0) is 6.42 Å². The molecule has 0 amide bonds. The highest BCUT2D eigenvalue weighted by Gasteiger charge is 2.24. The van der Waals surface area contributed by atoms with Gasteiger partial charge in [0.2, 0.25) is 0 Å². The maximum absolute atomic E-state index is 9.00. The summed E-state index contributed by atoms with van der Waals surface area (Å²) in [4.78, 5) is 0. The number of aryl methyl sites for hydroxylation is 1. The fraction of sp³-hybridized carbons (Fsp3) is 0.455. The van der Waals surface area contributed by atoms with E-state index in [9.17, 15) is 0 Å². The van der Waals surface area contributed by atoms with Crippen molar-refractivity contribution in [3.05, 3.63) is 23.3 Å². The van der Waals surface area contributed by atoms with E-state index in [0.717, 1.165) is 29.0 Å². The van der Waals surface area contributed by atoms with Crippen LogP contribution in [-0.4, -0.2) is 24.9 Å². The summed E-state index contributed by atoms with van der Waals surface area (Å²) in [5.74, 6) is 1.76. The Labute approximate surface area is 83.3 Å². The van der Waals surface area contributed by atoms with Crippen molar-refractivity contribution in [1.29, 1.82) is 0 Å². The Morgan fingerprint density at radius 2 is 2.36 bits per heavy atom. The molecule has 2 rings (SSSR count). The molecule has 14 heavy (non-hydrogen) atoms. The molecule has 0 saturated heterocycles. The van der Waals surface area contributed by atoms with Gasteiger partial charge in [-0.2, -0.15) is 0 Å². The number of methoxy groups -OCH3 is 1. The van der Waals surface area contributed by atoms with Crippen LogP contribution in [0.3, 0.4) is 0 Å². The summed E-state index contributed by atoms with van der Waals surface area (Å²) in [6.07, 6.45) is 0.681. The van der Waals surface area contributed by atoms with Crippen molar-refractivity contribution in [3.8, 4) is 11.5 Å². The van der Waals surface area contributed by atoms with Gasteiger partial charge in [-0.3, -0.25) is 0 Å². The van der Waals surface area contributed by atoms with Gasteiger partial charge in [-0.1, -0.05) is 0 Å². The molecule has 0 saturated carbocycles. The quantitative estimate of drug-likeness (QED) is 0.771. The van der Waals surface area contributed by atoms with Gasteiger partial charge in [-0.05, 0) is 24.6 Å². The molecule has 0 spiro atoms. The van der Waals surface area contributed by atoms with E-state index in [1.165, 1.54) is 0 Å². The zero-order valence-corrected chi connectivity index (χ0v) is 8.41. The van der Waals surface area contributed by atoms with Crippen molar-refractivity contribution in [2.75, 3.05) is 13.7 Å². The number of ether oxygens (including phenoxy) is 2. The molecule has 1 atom stereocenters. The zero-order chi connectivity index (χ0) is 10.1. The summed E-state index contributed by atoms with van der Waals surface area (Å²) in [7, 11) is 1.65. The Morgan fingerprint density at radius 3 is 3.00 bits per heavy atom. The predicted octanol–water partition coefficient (Wildman–Crippen LogP) is 1.30. The average Bonchev–Trinajstić information content (AvgIpc) is 2.61. The van der Waals surface area contributed by atoms with E-state index in [2.05, 4.69) is 0 Å². The second-order valence-corrected chi connectivity index (χ2v) is 3.56. The highest BCUT2D eigenvalue weighted by Crippen LogP contribution is 2.35. The van der Waals surface area contributed by atoms with E-state index in [1.54, 1.807) is 7.11 Å². The van der Waals surface area contributed by atoms with E-state index >= 15 is 0 Å². The summed E-state index contributed by atoms with van der Waals surface area (Å²) in [6.45, 7) is 2.05. The van der Waals surface area contributed by atoms with Crippen LogP contribution in [0.5, 0.6) is 11.5 Å². The van der Waals surface area contributed by atoms with Crippen molar-refractivity contribution in [2.24, 2.45) is 0 Å². The number of aliphatic hydroxyl groups is 1. The van der Waals surface area contributed by atoms with Crippen LogP contribution in [0.2, 0.25) is 0 Å². The Hall–Kier alpha value is -1.22. The van der Waals surface area contributed by atoms with Crippen LogP contribution in [0.1, 0.15) is 11.1 Å². The number of hydrogen-bond donors (Lipinski definition) is 1. The summed E-state index contributed by atoms with van der Waals surface area (Å²) in [5, 5.41) is 9.00. The summed E-state index contributed by atoms with van der Waals surface area (Å²) in [6, 6.07) is 3.91. The van der Waals surface area contributed by atoms with Crippen molar-refractivity contribution < 1.29 is 14.6 Å². The number of rotatable bonds is 2. The van der Waals surface area contributed by atoms with E-state index in [1.807, 2.05) is 19.1 Å². The van der Waals surface area contributed by atoms with Gasteiger partial charge in [0, 0.05) is 12.0 Å². The Balaban J connectivity index is 2.37. The maximum atomic E-state index is 9.00. The van der Waals surface area contributed by atoms with Crippen molar-refractivity contribution in [1.82, 2.24) is 0 Å². The molecular weight excluding hydrogens is 180 g/mol. The molecule has 1 aliphatic rings. The highest BCUT2D eigenvalue weighted by molar-refractivity contribution is 5.49. The topological polar surface area (TPSA) is 38.7 Å². The molecule has 3 nitrogen and oxygen atoms in total. The molecule has 0 radical (unpaired) electrons. The van der Waals surface area contributed by atoms with Gasteiger partial charge in [0.05, 0.1) is 13.7 Å². The smallest absolute Gasteiger partial charge is 0.126 e. The Bertz CT molecular complexity index is 347. The van der Waals surface area contributed by atoms with Crippen LogP contribution >= 0.6 is 0 Å². The number of aliphatic hydroxyl groups excluding tert-OH is 1. The molecule has 0 bridgehead atoms. The average molecular weight is 194 g/mol. The third-order valence-corrected chi connectivity index (χ3v) is 2.50. The van der Waals surface area contributed by atoms with Gasteiger partial charge in [0.25, 0.3) is 0 Å². The standard InChI is InChI=1S/C11H14O3/c1-7-3-9(13-2)4-8-5-10(6-12)14-11(7)8/h3-4,10,12H,5-6H2,1-2H3. The normalized spacial score (nSPS) is 18.9. The minimum atomic E-state index is -0.0872. The third-order valence-electron chi connectivity index (χ3n) is 2.50. The molecule has 0 fully saturated rings. The van der Waals surface area contributed by atoms with E-state index in [0.29, 0.717) is 0 Å². The molecule has 1 N–H and O–H groups in total. The van der Waals surface area contributed by atoms with Crippen LogP contribution < -0.4 is 9.47 Å². The lowest BCUT2D eigenvalue weighted by Crippen LogP contribution is -2.17. The Kier molecular flexibility index (Phi) is 2.33. The molecule has 3 heteroatoms. The molecule has 0 aromatic heterocycles. The number of fused-ring (bicyclic) bond motifs is 1. The molecule has 1 aromatic rings. The maximum Gasteiger partial charge on any atom is 0.126 e. The molecule has 1 unspecified atom stereocenters. The fourth-order valence-electron chi connectivity index (χ4n) is 1.80.